The minimum Gasteiger partial charge on any atom is -0.481 e. The molecule has 0 bridgehead atoms. The van der Waals surface area contributed by atoms with E-state index in [0.29, 0.717) is 12.3 Å². The largest absolute Gasteiger partial charge is 0.481 e. The second-order valence-corrected chi connectivity index (χ2v) is 5.32. The fraction of sp³-hybridized carbons (Fsp3) is 0.500. The summed E-state index contributed by atoms with van der Waals surface area (Å²) in [5, 5.41) is 17.7. The van der Waals surface area contributed by atoms with Crippen LogP contribution in [0.25, 0.3) is 0 Å². The molecule has 4 nitrogen and oxygen atoms in total. The summed E-state index contributed by atoms with van der Waals surface area (Å²) < 4.78 is 0. The van der Waals surface area contributed by atoms with Crippen LogP contribution in [0.15, 0.2) is 24.3 Å². The number of carboxylic acid groups (broad SMARTS) is 2. The van der Waals surface area contributed by atoms with Gasteiger partial charge in [0.15, 0.2) is 0 Å². The van der Waals surface area contributed by atoms with Crippen molar-refractivity contribution in [3.05, 3.63) is 35.4 Å². The van der Waals surface area contributed by atoms with E-state index in [1.807, 2.05) is 24.3 Å². The minimum absolute atomic E-state index is 0.112. The molecular weight excluding hydrogens is 256 g/mol. The molecule has 110 valence electrons. The predicted molar refractivity (Wildman–Crippen MR) is 76.8 cm³/mol. The van der Waals surface area contributed by atoms with Crippen molar-refractivity contribution in [1.29, 1.82) is 0 Å². The Balaban J connectivity index is 2.72. The SMILES string of the molecule is CCC(C)c1ccc(CC(CC(=O)O)CC(=O)O)cc1. The Hall–Kier alpha value is -1.84. The summed E-state index contributed by atoms with van der Waals surface area (Å²) in [6.45, 7) is 4.29. The molecule has 0 aliphatic rings. The lowest BCUT2D eigenvalue weighted by Gasteiger charge is -2.14. The average Bonchev–Trinajstić information content (AvgIpc) is 2.37. The molecule has 0 spiro atoms. The first-order chi connectivity index (χ1) is 9.42. The molecule has 0 heterocycles. The van der Waals surface area contributed by atoms with Gasteiger partial charge in [-0.15, -0.1) is 0 Å². The molecule has 1 rings (SSSR count). The number of hydrogen-bond donors (Lipinski definition) is 2. The van der Waals surface area contributed by atoms with E-state index in [1.54, 1.807) is 0 Å². The Bertz CT molecular complexity index is 434. The first-order valence-electron chi connectivity index (χ1n) is 6.94. The number of hydrogen-bond acceptors (Lipinski definition) is 2. The van der Waals surface area contributed by atoms with Gasteiger partial charge in [-0.2, -0.15) is 0 Å². The summed E-state index contributed by atoms with van der Waals surface area (Å²) in [6.07, 6.45) is 1.33. The lowest BCUT2D eigenvalue weighted by atomic mass is 9.91. The van der Waals surface area contributed by atoms with Gasteiger partial charge in [-0.05, 0) is 35.8 Å². The summed E-state index contributed by atoms with van der Waals surface area (Å²) in [7, 11) is 0. The van der Waals surface area contributed by atoms with Crippen molar-refractivity contribution >= 4 is 11.9 Å². The fourth-order valence-electron chi connectivity index (χ4n) is 2.26. The highest BCUT2D eigenvalue weighted by atomic mass is 16.4. The molecule has 4 heteroatoms. The quantitative estimate of drug-likeness (QED) is 0.765. The molecule has 0 aliphatic heterocycles. The zero-order valence-corrected chi connectivity index (χ0v) is 12.0. The maximum atomic E-state index is 10.8. The van der Waals surface area contributed by atoms with E-state index in [4.69, 9.17) is 10.2 Å². The standard InChI is InChI=1S/C16H22O4/c1-3-11(2)14-6-4-12(5-7-14)8-13(9-15(17)18)10-16(19)20/h4-7,11,13H,3,8-10H2,1-2H3,(H,17,18)(H,19,20). The van der Waals surface area contributed by atoms with Crippen LogP contribution in [0, 0.1) is 5.92 Å². The molecule has 1 atom stereocenters. The molecule has 0 aliphatic carbocycles. The van der Waals surface area contributed by atoms with E-state index in [1.165, 1.54) is 5.56 Å². The highest BCUT2D eigenvalue weighted by Crippen LogP contribution is 2.21. The van der Waals surface area contributed by atoms with E-state index in [-0.39, 0.29) is 18.8 Å². The molecule has 1 aromatic carbocycles. The normalized spacial score (nSPS) is 12.3. The van der Waals surface area contributed by atoms with Crippen LogP contribution in [0.1, 0.15) is 50.2 Å². The van der Waals surface area contributed by atoms with Crippen LogP contribution in [0.2, 0.25) is 0 Å². The number of carbonyl (C=O) groups is 2. The highest BCUT2D eigenvalue weighted by Gasteiger charge is 2.17. The second kappa shape index (κ2) is 7.68. The van der Waals surface area contributed by atoms with Crippen molar-refractivity contribution in [2.75, 3.05) is 0 Å². The zero-order chi connectivity index (χ0) is 15.1. The van der Waals surface area contributed by atoms with E-state index < -0.39 is 11.9 Å². The summed E-state index contributed by atoms with van der Waals surface area (Å²) in [4.78, 5) is 21.5. The first kappa shape index (κ1) is 16.2. The summed E-state index contributed by atoms with van der Waals surface area (Å²) in [6, 6.07) is 8.03. The van der Waals surface area contributed by atoms with Crippen LogP contribution < -0.4 is 0 Å². The third-order valence-electron chi connectivity index (χ3n) is 3.61. The van der Waals surface area contributed by atoms with Gasteiger partial charge < -0.3 is 10.2 Å². The highest BCUT2D eigenvalue weighted by molar-refractivity contribution is 5.70. The van der Waals surface area contributed by atoms with Gasteiger partial charge in [-0.1, -0.05) is 38.1 Å². The van der Waals surface area contributed by atoms with Gasteiger partial charge in [0.05, 0.1) is 0 Å². The van der Waals surface area contributed by atoms with Crippen molar-refractivity contribution in [3.8, 4) is 0 Å². The Labute approximate surface area is 119 Å². The molecule has 2 N–H and O–H groups in total. The molecule has 0 saturated carbocycles. The van der Waals surface area contributed by atoms with Gasteiger partial charge in [0.25, 0.3) is 0 Å². The van der Waals surface area contributed by atoms with Gasteiger partial charge in [0.2, 0.25) is 0 Å². The van der Waals surface area contributed by atoms with Gasteiger partial charge in [0, 0.05) is 12.8 Å². The van der Waals surface area contributed by atoms with Crippen molar-refractivity contribution in [3.63, 3.8) is 0 Å². The third kappa shape index (κ3) is 5.43. The monoisotopic (exact) mass is 278 g/mol. The molecule has 1 aromatic rings. The molecule has 1 unspecified atom stereocenters. The van der Waals surface area contributed by atoms with Gasteiger partial charge in [0.1, 0.15) is 0 Å². The lowest BCUT2D eigenvalue weighted by Crippen LogP contribution is -2.15. The first-order valence-corrected chi connectivity index (χ1v) is 6.94. The number of benzene rings is 1. The van der Waals surface area contributed by atoms with Crippen molar-refractivity contribution < 1.29 is 19.8 Å². The van der Waals surface area contributed by atoms with Crippen LogP contribution in [-0.2, 0) is 16.0 Å². The van der Waals surface area contributed by atoms with Crippen molar-refractivity contribution in [2.24, 2.45) is 5.92 Å². The fourth-order valence-corrected chi connectivity index (χ4v) is 2.26. The Kier molecular flexibility index (Phi) is 6.22. The maximum Gasteiger partial charge on any atom is 0.303 e. The number of rotatable bonds is 8. The summed E-state index contributed by atoms with van der Waals surface area (Å²) >= 11 is 0. The molecule has 0 amide bonds. The smallest absolute Gasteiger partial charge is 0.303 e. The molecule has 0 saturated heterocycles. The number of carboxylic acids is 2. The topological polar surface area (TPSA) is 74.6 Å². The van der Waals surface area contributed by atoms with Crippen LogP contribution in [0.4, 0.5) is 0 Å². The van der Waals surface area contributed by atoms with Crippen LogP contribution in [0.3, 0.4) is 0 Å². The van der Waals surface area contributed by atoms with Gasteiger partial charge in [-0.25, -0.2) is 0 Å². The zero-order valence-electron chi connectivity index (χ0n) is 12.0. The predicted octanol–water partition coefficient (Wildman–Crippen LogP) is 3.31. The summed E-state index contributed by atoms with van der Waals surface area (Å²) in [5.41, 5.74) is 2.24. The van der Waals surface area contributed by atoms with E-state index in [0.717, 1.165) is 12.0 Å². The Morgan fingerprint density at radius 3 is 1.95 bits per heavy atom. The average molecular weight is 278 g/mol. The van der Waals surface area contributed by atoms with Crippen LogP contribution in [-0.4, -0.2) is 22.2 Å². The number of aliphatic carboxylic acids is 2. The molecule has 0 aromatic heterocycles. The molecule has 0 fully saturated rings. The van der Waals surface area contributed by atoms with Gasteiger partial charge in [-0.3, -0.25) is 9.59 Å². The van der Waals surface area contributed by atoms with E-state index >= 15 is 0 Å². The molecular formula is C16H22O4. The molecule has 0 radical (unpaired) electrons. The van der Waals surface area contributed by atoms with Crippen LogP contribution >= 0.6 is 0 Å². The Morgan fingerprint density at radius 2 is 1.55 bits per heavy atom. The molecule has 20 heavy (non-hydrogen) atoms. The second-order valence-electron chi connectivity index (χ2n) is 5.32. The van der Waals surface area contributed by atoms with E-state index in [2.05, 4.69) is 13.8 Å². The lowest BCUT2D eigenvalue weighted by molar-refractivity contribution is -0.140. The van der Waals surface area contributed by atoms with Crippen LogP contribution in [0.5, 0.6) is 0 Å². The Morgan fingerprint density at radius 1 is 1.05 bits per heavy atom. The van der Waals surface area contributed by atoms with Gasteiger partial charge >= 0.3 is 11.9 Å². The summed E-state index contributed by atoms with van der Waals surface area (Å²) in [5.74, 6) is -1.77. The minimum atomic E-state index is -0.951. The van der Waals surface area contributed by atoms with E-state index in [9.17, 15) is 9.59 Å². The van der Waals surface area contributed by atoms with Crippen molar-refractivity contribution in [2.45, 2.75) is 45.4 Å². The maximum absolute atomic E-state index is 10.8. The van der Waals surface area contributed by atoms with Crippen molar-refractivity contribution in [1.82, 2.24) is 0 Å². The third-order valence-corrected chi connectivity index (χ3v) is 3.61.